The van der Waals surface area contributed by atoms with E-state index in [1.165, 1.54) is 0 Å². The maximum absolute atomic E-state index is 12.8. The van der Waals surface area contributed by atoms with E-state index in [1.54, 1.807) is 6.07 Å². The average Bonchev–Trinajstić information content (AvgIpc) is 2.60. The van der Waals surface area contributed by atoms with E-state index in [2.05, 4.69) is 10.2 Å². The molecule has 3 aromatic rings. The van der Waals surface area contributed by atoms with E-state index in [0.717, 1.165) is 22.0 Å². The van der Waals surface area contributed by atoms with Crippen LogP contribution in [0.5, 0.6) is 0 Å². The molecule has 0 saturated carbocycles. The predicted octanol–water partition coefficient (Wildman–Crippen LogP) is 3.48. The molecule has 1 aliphatic rings. The van der Waals surface area contributed by atoms with Gasteiger partial charge in [-0.05, 0) is 34.5 Å². The van der Waals surface area contributed by atoms with E-state index >= 15 is 0 Å². The van der Waals surface area contributed by atoms with E-state index in [1.807, 2.05) is 47.4 Å². The molecule has 0 N–H and O–H groups in total. The zero-order valence-corrected chi connectivity index (χ0v) is 13.1. The Hall–Kier alpha value is -2.46. The van der Waals surface area contributed by atoms with Gasteiger partial charge < -0.3 is 4.90 Å². The lowest BCUT2D eigenvalue weighted by atomic mass is 10.0. The smallest absolute Gasteiger partial charge is 0.254 e. The third kappa shape index (κ3) is 2.66. The average molecular weight is 324 g/mol. The number of fused-ring (bicyclic) bond motifs is 2. The summed E-state index contributed by atoms with van der Waals surface area (Å²) in [6.07, 6.45) is 0.707. The van der Waals surface area contributed by atoms with E-state index in [4.69, 9.17) is 11.6 Å². The summed E-state index contributed by atoms with van der Waals surface area (Å²) < 4.78 is 0. The zero-order chi connectivity index (χ0) is 15.8. The van der Waals surface area contributed by atoms with Crippen LogP contribution >= 0.6 is 11.6 Å². The molecule has 0 fully saturated rings. The van der Waals surface area contributed by atoms with Gasteiger partial charge in [0.1, 0.15) is 0 Å². The van der Waals surface area contributed by atoms with Gasteiger partial charge in [0.05, 0.1) is 5.69 Å². The second kappa shape index (κ2) is 5.63. The van der Waals surface area contributed by atoms with Crippen molar-refractivity contribution in [2.24, 2.45) is 0 Å². The zero-order valence-electron chi connectivity index (χ0n) is 12.4. The molecule has 0 bridgehead atoms. The molecule has 0 unspecified atom stereocenters. The highest BCUT2D eigenvalue weighted by molar-refractivity contribution is 6.29. The lowest BCUT2D eigenvalue weighted by Gasteiger charge is -2.28. The van der Waals surface area contributed by atoms with Crippen molar-refractivity contribution in [2.45, 2.75) is 13.0 Å². The number of carbonyl (C=O) groups is 1. The van der Waals surface area contributed by atoms with Crippen LogP contribution < -0.4 is 0 Å². The van der Waals surface area contributed by atoms with Crippen molar-refractivity contribution < 1.29 is 4.79 Å². The third-order valence-corrected chi connectivity index (χ3v) is 4.38. The number of amides is 1. The van der Waals surface area contributed by atoms with Gasteiger partial charge in [0.2, 0.25) is 0 Å². The number of halogens is 1. The fourth-order valence-electron chi connectivity index (χ4n) is 2.98. The second-order valence-electron chi connectivity index (χ2n) is 5.68. The molecule has 0 saturated heterocycles. The van der Waals surface area contributed by atoms with Gasteiger partial charge in [0.25, 0.3) is 5.91 Å². The van der Waals surface area contributed by atoms with Crippen LogP contribution in [0.4, 0.5) is 0 Å². The van der Waals surface area contributed by atoms with Crippen molar-refractivity contribution >= 4 is 28.3 Å². The minimum atomic E-state index is 0.0364. The monoisotopic (exact) mass is 323 g/mol. The number of aromatic nitrogens is 2. The first-order valence-corrected chi connectivity index (χ1v) is 7.87. The highest BCUT2D eigenvalue weighted by atomic mass is 35.5. The van der Waals surface area contributed by atoms with Gasteiger partial charge in [-0.15, -0.1) is 5.10 Å². The predicted molar refractivity (Wildman–Crippen MR) is 89.4 cm³/mol. The van der Waals surface area contributed by atoms with Gasteiger partial charge in [0, 0.05) is 25.1 Å². The Bertz CT molecular complexity index is 910. The highest BCUT2D eigenvalue weighted by Crippen LogP contribution is 2.22. The first-order valence-electron chi connectivity index (χ1n) is 7.50. The molecule has 1 amide bonds. The summed E-state index contributed by atoms with van der Waals surface area (Å²) in [6.45, 7) is 1.17. The van der Waals surface area contributed by atoms with Crippen LogP contribution in [-0.2, 0) is 13.0 Å². The first-order chi connectivity index (χ1) is 11.2. The Labute approximate surface area is 138 Å². The molecule has 4 rings (SSSR count). The number of hydrogen-bond donors (Lipinski definition) is 0. The molecular weight excluding hydrogens is 310 g/mol. The van der Waals surface area contributed by atoms with Gasteiger partial charge in [-0.25, -0.2) is 0 Å². The molecule has 0 atom stereocenters. The van der Waals surface area contributed by atoms with Crippen LogP contribution in [0.2, 0.25) is 5.15 Å². The summed E-state index contributed by atoms with van der Waals surface area (Å²) in [5.41, 5.74) is 2.61. The Balaban J connectivity index is 1.63. The van der Waals surface area contributed by atoms with Crippen LogP contribution in [0.25, 0.3) is 10.8 Å². The number of rotatable bonds is 1. The Kier molecular flexibility index (Phi) is 3.46. The van der Waals surface area contributed by atoms with Crippen molar-refractivity contribution in [3.05, 3.63) is 70.5 Å². The van der Waals surface area contributed by atoms with Gasteiger partial charge in [-0.2, -0.15) is 5.10 Å². The fourth-order valence-corrected chi connectivity index (χ4v) is 3.15. The molecule has 2 aromatic carbocycles. The van der Waals surface area contributed by atoms with E-state index in [-0.39, 0.29) is 5.91 Å². The van der Waals surface area contributed by atoms with E-state index in [9.17, 15) is 4.79 Å². The topological polar surface area (TPSA) is 46.1 Å². The fraction of sp³-hybridized carbons (Fsp3) is 0.167. The molecule has 5 heteroatoms. The van der Waals surface area contributed by atoms with Crippen molar-refractivity contribution in [3.63, 3.8) is 0 Å². The Morgan fingerprint density at radius 2 is 1.87 bits per heavy atom. The summed E-state index contributed by atoms with van der Waals surface area (Å²) >= 11 is 5.91. The van der Waals surface area contributed by atoms with Crippen LogP contribution in [0.15, 0.2) is 48.5 Å². The SMILES string of the molecule is O=C(c1ccc2ccccc2c1)N1CCc2nnc(Cl)cc2C1. The molecule has 0 aliphatic carbocycles. The van der Waals surface area contributed by atoms with Crippen molar-refractivity contribution in [1.82, 2.24) is 15.1 Å². The van der Waals surface area contributed by atoms with Crippen LogP contribution in [0.3, 0.4) is 0 Å². The molecule has 1 aromatic heterocycles. The second-order valence-corrected chi connectivity index (χ2v) is 6.06. The lowest BCUT2D eigenvalue weighted by Crippen LogP contribution is -2.36. The maximum atomic E-state index is 12.8. The van der Waals surface area contributed by atoms with E-state index in [0.29, 0.717) is 30.2 Å². The van der Waals surface area contributed by atoms with E-state index < -0.39 is 0 Å². The third-order valence-electron chi connectivity index (χ3n) is 4.19. The number of carbonyl (C=O) groups excluding carboxylic acids is 1. The summed E-state index contributed by atoms with van der Waals surface area (Å²) in [5.74, 6) is 0.0364. The molecule has 0 spiro atoms. The molecule has 0 radical (unpaired) electrons. The van der Waals surface area contributed by atoms with Crippen LogP contribution in [0.1, 0.15) is 21.6 Å². The maximum Gasteiger partial charge on any atom is 0.254 e. The van der Waals surface area contributed by atoms with Crippen LogP contribution in [-0.4, -0.2) is 27.5 Å². The van der Waals surface area contributed by atoms with Gasteiger partial charge in [-0.3, -0.25) is 4.79 Å². The summed E-state index contributed by atoms with van der Waals surface area (Å²) in [4.78, 5) is 14.6. The Morgan fingerprint density at radius 1 is 1.04 bits per heavy atom. The molecule has 23 heavy (non-hydrogen) atoms. The quantitative estimate of drug-likeness (QED) is 0.688. The van der Waals surface area contributed by atoms with Gasteiger partial charge in [-0.1, -0.05) is 41.9 Å². The summed E-state index contributed by atoms with van der Waals surface area (Å²) in [7, 11) is 0. The number of hydrogen-bond acceptors (Lipinski definition) is 3. The molecular formula is C18H14ClN3O. The standard InChI is InChI=1S/C18H14ClN3O/c19-17-10-15-11-22(8-7-16(15)20-21-17)18(23)14-6-5-12-3-1-2-4-13(12)9-14/h1-6,9-10H,7-8,11H2. The van der Waals surface area contributed by atoms with Crippen molar-refractivity contribution in [2.75, 3.05) is 6.54 Å². The van der Waals surface area contributed by atoms with Gasteiger partial charge >= 0.3 is 0 Å². The van der Waals surface area contributed by atoms with Crippen molar-refractivity contribution in [1.29, 1.82) is 0 Å². The minimum Gasteiger partial charge on any atom is -0.334 e. The number of benzene rings is 2. The molecule has 1 aliphatic heterocycles. The largest absolute Gasteiger partial charge is 0.334 e. The summed E-state index contributed by atoms with van der Waals surface area (Å²) in [5, 5.41) is 10.5. The first kappa shape index (κ1) is 14.2. The number of nitrogens with zero attached hydrogens (tertiary/aromatic N) is 3. The molecule has 2 heterocycles. The normalized spacial score (nSPS) is 13.9. The van der Waals surface area contributed by atoms with Gasteiger partial charge in [0.15, 0.2) is 5.15 Å². The van der Waals surface area contributed by atoms with Crippen molar-refractivity contribution in [3.8, 4) is 0 Å². The highest BCUT2D eigenvalue weighted by Gasteiger charge is 2.23. The Morgan fingerprint density at radius 3 is 2.74 bits per heavy atom. The summed E-state index contributed by atoms with van der Waals surface area (Å²) in [6, 6.07) is 15.7. The minimum absolute atomic E-state index is 0.0364. The molecule has 114 valence electrons. The van der Waals surface area contributed by atoms with Crippen LogP contribution in [0, 0.1) is 0 Å². The lowest BCUT2D eigenvalue weighted by molar-refractivity contribution is 0.0733. The molecule has 4 nitrogen and oxygen atoms in total.